The van der Waals surface area contributed by atoms with E-state index < -0.39 is 0 Å². The van der Waals surface area contributed by atoms with Crippen molar-refractivity contribution in [1.82, 2.24) is 4.90 Å². The van der Waals surface area contributed by atoms with Gasteiger partial charge in [-0.1, -0.05) is 12.1 Å². The van der Waals surface area contributed by atoms with Gasteiger partial charge in [-0.3, -0.25) is 4.79 Å². The van der Waals surface area contributed by atoms with Gasteiger partial charge in [0.05, 0.1) is 12.0 Å². The number of rotatable bonds is 6. The Bertz CT molecular complexity index is 455. The second-order valence-corrected chi connectivity index (χ2v) is 5.38. The van der Waals surface area contributed by atoms with Crippen molar-refractivity contribution < 1.29 is 9.53 Å². The number of benzene rings is 1. The lowest BCUT2D eigenvalue weighted by atomic mass is 10.1. The van der Waals surface area contributed by atoms with E-state index in [-0.39, 0.29) is 11.3 Å². The number of amides is 1. The van der Waals surface area contributed by atoms with Gasteiger partial charge in [0.1, 0.15) is 12.4 Å². The summed E-state index contributed by atoms with van der Waals surface area (Å²) < 4.78 is 5.65. The van der Waals surface area contributed by atoms with Gasteiger partial charge >= 0.3 is 0 Å². The zero-order chi connectivity index (χ0) is 13.9. The Morgan fingerprint density at radius 1 is 1.47 bits per heavy atom. The molecule has 1 aliphatic rings. The summed E-state index contributed by atoms with van der Waals surface area (Å²) in [5.41, 5.74) is 6.57. The molecule has 0 spiro atoms. The minimum atomic E-state index is -0.266. The van der Waals surface area contributed by atoms with E-state index in [0.717, 1.165) is 18.6 Å². The standard InChI is InChI=1S/C15H22N2O2/c1-12-4-3-5-13(10-12)19-9-8-17(2)14(18)15(11-16)6-7-15/h3-5,10H,6-9,11,16H2,1-2H3. The molecule has 0 aliphatic heterocycles. The molecule has 0 aromatic heterocycles. The van der Waals surface area contributed by atoms with Crippen molar-refractivity contribution in [2.45, 2.75) is 19.8 Å². The molecule has 0 bridgehead atoms. The molecule has 1 aliphatic carbocycles. The lowest BCUT2D eigenvalue weighted by Crippen LogP contribution is -2.40. The van der Waals surface area contributed by atoms with E-state index in [9.17, 15) is 4.79 Å². The molecule has 0 radical (unpaired) electrons. The lowest BCUT2D eigenvalue weighted by Gasteiger charge is -2.22. The molecule has 0 heterocycles. The first-order valence-electron chi connectivity index (χ1n) is 6.72. The first-order valence-corrected chi connectivity index (χ1v) is 6.72. The number of likely N-dealkylation sites (N-methyl/N-ethyl adjacent to an activating group) is 1. The van der Waals surface area contributed by atoms with Crippen LogP contribution in [0.25, 0.3) is 0 Å². The average Bonchev–Trinajstić information content (AvgIpc) is 3.19. The van der Waals surface area contributed by atoms with E-state index in [2.05, 4.69) is 0 Å². The summed E-state index contributed by atoms with van der Waals surface area (Å²) in [7, 11) is 1.82. The van der Waals surface area contributed by atoms with Crippen LogP contribution in [0.3, 0.4) is 0 Å². The minimum Gasteiger partial charge on any atom is -0.492 e. The number of aryl methyl sites for hydroxylation is 1. The highest BCUT2D eigenvalue weighted by molar-refractivity contribution is 5.85. The van der Waals surface area contributed by atoms with Crippen LogP contribution in [0.1, 0.15) is 18.4 Å². The van der Waals surface area contributed by atoms with Gasteiger partial charge in [-0.05, 0) is 37.5 Å². The third-order valence-corrected chi connectivity index (χ3v) is 3.73. The molecular formula is C15H22N2O2. The summed E-state index contributed by atoms with van der Waals surface area (Å²) in [5.74, 6) is 1.00. The molecule has 0 saturated heterocycles. The molecule has 1 aromatic carbocycles. The van der Waals surface area contributed by atoms with Crippen LogP contribution in [0.2, 0.25) is 0 Å². The molecule has 1 aromatic rings. The van der Waals surface area contributed by atoms with Crippen LogP contribution in [-0.2, 0) is 4.79 Å². The predicted molar refractivity (Wildman–Crippen MR) is 75.0 cm³/mol. The van der Waals surface area contributed by atoms with Gasteiger partial charge in [0.25, 0.3) is 0 Å². The molecule has 0 unspecified atom stereocenters. The molecule has 104 valence electrons. The fraction of sp³-hybridized carbons (Fsp3) is 0.533. The molecule has 2 N–H and O–H groups in total. The molecule has 4 nitrogen and oxygen atoms in total. The van der Waals surface area contributed by atoms with E-state index in [0.29, 0.717) is 19.7 Å². The lowest BCUT2D eigenvalue weighted by molar-refractivity contribution is -0.135. The number of carbonyl (C=O) groups excluding carboxylic acids is 1. The van der Waals surface area contributed by atoms with Crippen molar-refractivity contribution in [3.63, 3.8) is 0 Å². The molecule has 19 heavy (non-hydrogen) atoms. The summed E-state index contributed by atoms with van der Waals surface area (Å²) in [5, 5.41) is 0. The second-order valence-electron chi connectivity index (χ2n) is 5.38. The van der Waals surface area contributed by atoms with Crippen LogP contribution in [0.5, 0.6) is 5.75 Å². The maximum atomic E-state index is 12.1. The smallest absolute Gasteiger partial charge is 0.229 e. The second kappa shape index (κ2) is 5.61. The Kier molecular flexibility index (Phi) is 4.10. The summed E-state index contributed by atoms with van der Waals surface area (Å²) in [4.78, 5) is 13.9. The normalized spacial score (nSPS) is 15.9. The zero-order valence-electron chi connectivity index (χ0n) is 11.7. The van der Waals surface area contributed by atoms with Gasteiger partial charge in [-0.25, -0.2) is 0 Å². The zero-order valence-corrected chi connectivity index (χ0v) is 11.7. The number of nitrogens with two attached hydrogens (primary N) is 1. The van der Waals surface area contributed by atoms with E-state index in [1.807, 2.05) is 38.2 Å². The Morgan fingerprint density at radius 2 is 2.21 bits per heavy atom. The molecule has 4 heteroatoms. The van der Waals surface area contributed by atoms with Crippen molar-refractivity contribution in [1.29, 1.82) is 0 Å². The maximum absolute atomic E-state index is 12.1. The number of nitrogens with zero attached hydrogens (tertiary/aromatic N) is 1. The van der Waals surface area contributed by atoms with Gasteiger partial charge in [0.15, 0.2) is 0 Å². The number of hydrogen-bond acceptors (Lipinski definition) is 3. The predicted octanol–water partition coefficient (Wildman–Crippen LogP) is 1.57. The molecule has 1 amide bonds. The van der Waals surface area contributed by atoms with Crippen molar-refractivity contribution in [3.05, 3.63) is 29.8 Å². The van der Waals surface area contributed by atoms with E-state index in [4.69, 9.17) is 10.5 Å². The number of carbonyl (C=O) groups is 1. The first kappa shape index (κ1) is 13.9. The topological polar surface area (TPSA) is 55.6 Å². The van der Waals surface area contributed by atoms with Gasteiger partial charge in [0, 0.05) is 13.6 Å². The van der Waals surface area contributed by atoms with Crippen LogP contribution < -0.4 is 10.5 Å². The molecule has 1 saturated carbocycles. The third kappa shape index (κ3) is 3.26. The largest absolute Gasteiger partial charge is 0.492 e. The Labute approximate surface area is 114 Å². The minimum absolute atomic E-state index is 0.155. The molecule has 2 rings (SSSR count). The van der Waals surface area contributed by atoms with Crippen molar-refractivity contribution in [3.8, 4) is 5.75 Å². The van der Waals surface area contributed by atoms with Crippen LogP contribution in [0.15, 0.2) is 24.3 Å². The third-order valence-electron chi connectivity index (χ3n) is 3.73. The average molecular weight is 262 g/mol. The van der Waals surface area contributed by atoms with Crippen LogP contribution in [-0.4, -0.2) is 37.6 Å². The fourth-order valence-corrected chi connectivity index (χ4v) is 2.17. The Hall–Kier alpha value is -1.55. The van der Waals surface area contributed by atoms with E-state index in [1.54, 1.807) is 4.90 Å². The summed E-state index contributed by atoms with van der Waals surface area (Å²) in [6.45, 7) is 3.58. The van der Waals surface area contributed by atoms with Crippen molar-refractivity contribution in [2.75, 3.05) is 26.7 Å². The Morgan fingerprint density at radius 3 is 2.79 bits per heavy atom. The van der Waals surface area contributed by atoms with Gasteiger partial charge < -0.3 is 15.4 Å². The molecular weight excluding hydrogens is 240 g/mol. The van der Waals surface area contributed by atoms with E-state index >= 15 is 0 Å². The van der Waals surface area contributed by atoms with Crippen molar-refractivity contribution in [2.24, 2.45) is 11.1 Å². The highest BCUT2D eigenvalue weighted by Gasteiger charge is 2.49. The van der Waals surface area contributed by atoms with Crippen molar-refractivity contribution >= 4 is 5.91 Å². The summed E-state index contributed by atoms with van der Waals surface area (Å²) in [6, 6.07) is 7.91. The summed E-state index contributed by atoms with van der Waals surface area (Å²) >= 11 is 0. The maximum Gasteiger partial charge on any atom is 0.229 e. The molecule has 0 atom stereocenters. The fourth-order valence-electron chi connectivity index (χ4n) is 2.17. The van der Waals surface area contributed by atoms with E-state index in [1.165, 1.54) is 5.56 Å². The highest BCUT2D eigenvalue weighted by atomic mass is 16.5. The Balaban J connectivity index is 1.78. The highest BCUT2D eigenvalue weighted by Crippen LogP contribution is 2.45. The molecule has 1 fully saturated rings. The van der Waals surface area contributed by atoms with Crippen LogP contribution in [0.4, 0.5) is 0 Å². The van der Waals surface area contributed by atoms with Gasteiger partial charge in [0.2, 0.25) is 5.91 Å². The van der Waals surface area contributed by atoms with Gasteiger partial charge in [-0.2, -0.15) is 0 Å². The number of hydrogen-bond donors (Lipinski definition) is 1. The quantitative estimate of drug-likeness (QED) is 0.846. The first-order chi connectivity index (χ1) is 9.07. The summed E-state index contributed by atoms with van der Waals surface area (Å²) in [6.07, 6.45) is 1.84. The monoisotopic (exact) mass is 262 g/mol. The number of ether oxygens (including phenoxy) is 1. The van der Waals surface area contributed by atoms with Gasteiger partial charge in [-0.15, -0.1) is 0 Å². The van der Waals surface area contributed by atoms with Crippen LogP contribution in [0, 0.1) is 12.3 Å². The van der Waals surface area contributed by atoms with Crippen LogP contribution >= 0.6 is 0 Å². The SMILES string of the molecule is Cc1cccc(OCCN(C)C(=O)C2(CN)CC2)c1.